The Morgan fingerprint density at radius 3 is 2.69 bits per heavy atom. The van der Waals surface area contributed by atoms with E-state index in [-0.39, 0.29) is 17.0 Å². The second-order valence-electron chi connectivity index (χ2n) is 6.65. The van der Waals surface area contributed by atoms with Crippen molar-refractivity contribution < 1.29 is 13.2 Å². The van der Waals surface area contributed by atoms with Gasteiger partial charge in [0.2, 0.25) is 0 Å². The highest BCUT2D eigenvalue weighted by Gasteiger charge is 2.30. The third-order valence-corrected chi connectivity index (χ3v) is 6.13. The fourth-order valence-electron chi connectivity index (χ4n) is 3.32. The van der Waals surface area contributed by atoms with Crippen molar-refractivity contribution >= 4 is 21.5 Å². The van der Waals surface area contributed by atoms with Gasteiger partial charge in [-0.05, 0) is 24.6 Å². The second kappa shape index (κ2) is 6.83. The minimum absolute atomic E-state index is 0.0273. The van der Waals surface area contributed by atoms with Crippen molar-refractivity contribution in [2.45, 2.75) is 24.0 Å². The van der Waals surface area contributed by atoms with Crippen LogP contribution in [-0.2, 0) is 14.8 Å². The predicted molar refractivity (Wildman–Crippen MR) is 101 cm³/mol. The number of benzene rings is 2. The van der Waals surface area contributed by atoms with E-state index in [1.807, 2.05) is 24.3 Å². The molecule has 2 aromatic carbocycles. The fourth-order valence-corrected chi connectivity index (χ4v) is 4.46. The summed E-state index contributed by atoms with van der Waals surface area (Å²) in [5, 5.41) is 3.16. The average Bonchev–Trinajstić information content (AvgIpc) is 2.64. The quantitative estimate of drug-likeness (QED) is 0.898. The number of morpholine rings is 1. The first-order valence-electron chi connectivity index (χ1n) is 8.63. The van der Waals surface area contributed by atoms with Crippen molar-refractivity contribution in [3.05, 3.63) is 60.2 Å². The van der Waals surface area contributed by atoms with Gasteiger partial charge >= 0.3 is 0 Å². The monoisotopic (exact) mass is 371 g/mol. The van der Waals surface area contributed by atoms with Crippen molar-refractivity contribution in [1.29, 1.82) is 0 Å². The van der Waals surface area contributed by atoms with Gasteiger partial charge in [0, 0.05) is 12.6 Å². The normalized spacial score (nSPS) is 25.0. The molecule has 0 saturated carbocycles. The van der Waals surface area contributed by atoms with Gasteiger partial charge in [-0.2, -0.15) is 8.42 Å². The van der Waals surface area contributed by atoms with E-state index < -0.39 is 10.0 Å². The molecule has 0 amide bonds. The molecule has 2 aromatic rings. The van der Waals surface area contributed by atoms with E-state index >= 15 is 0 Å². The Bertz CT molecular complexity index is 928. The number of fused-ring (bicyclic) bond motifs is 1. The first kappa shape index (κ1) is 17.2. The molecule has 0 spiro atoms. The molecule has 0 aromatic heterocycles. The Kier molecular flexibility index (Phi) is 4.52. The lowest BCUT2D eigenvalue weighted by Gasteiger charge is -2.38. The van der Waals surface area contributed by atoms with Crippen molar-refractivity contribution in [1.82, 2.24) is 4.90 Å². The van der Waals surface area contributed by atoms with Crippen molar-refractivity contribution in [3.63, 3.8) is 0 Å². The molecule has 1 saturated heterocycles. The molecular weight excluding hydrogens is 350 g/mol. The van der Waals surface area contributed by atoms with Gasteiger partial charge in [0.1, 0.15) is 10.7 Å². The molecule has 6 nitrogen and oxygen atoms in total. The van der Waals surface area contributed by atoms with Crippen LogP contribution in [0, 0.1) is 0 Å². The molecule has 7 heteroatoms. The molecule has 2 aliphatic rings. The third kappa shape index (κ3) is 3.38. The number of hydrogen-bond acceptors (Lipinski definition) is 5. The van der Waals surface area contributed by atoms with Gasteiger partial charge in [-0.1, -0.05) is 42.5 Å². The number of para-hydroxylation sites is 1. The van der Waals surface area contributed by atoms with Crippen LogP contribution in [0.25, 0.3) is 0 Å². The zero-order valence-corrected chi connectivity index (χ0v) is 15.3. The summed E-state index contributed by atoms with van der Waals surface area (Å²) < 4.78 is 34.8. The molecule has 136 valence electrons. The average molecular weight is 371 g/mol. The molecule has 2 heterocycles. The number of anilines is 1. The molecule has 0 aliphatic carbocycles. The van der Waals surface area contributed by atoms with Crippen molar-refractivity contribution in [2.24, 2.45) is 4.40 Å². The summed E-state index contributed by atoms with van der Waals surface area (Å²) in [6.45, 7) is 3.79. The highest BCUT2D eigenvalue weighted by Crippen LogP contribution is 2.28. The molecule has 1 fully saturated rings. The van der Waals surface area contributed by atoms with Gasteiger partial charge in [-0.3, -0.25) is 4.90 Å². The van der Waals surface area contributed by atoms with Crippen molar-refractivity contribution in [3.8, 4) is 0 Å². The first-order chi connectivity index (χ1) is 12.5. The minimum atomic E-state index is -3.66. The maximum absolute atomic E-state index is 12.4. The number of ether oxygens (including phenoxy) is 1. The van der Waals surface area contributed by atoms with Crippen molar-refractivity contribution in [2.75, 3.05) is 25.0 Å². The van der Waals surface area contributed by atoms with Gasteiger partial charge in [-0.15, -0.1) is 4.40 Å². The molecule has 2 aliphatic heterocycles. The molecule has 4 rings (SSSR count). The van der Waals surface area contributed by atoms with Crippen LogP contribution in [-0.4, -0.2) is 44.9 Å². The summed E-state index contributed by atoms with van der Waals surface area (Å²) in [5.41, 5.74) is 1.71. The van der Waals surface area contributed by atoms with E-state index in [1.54, 1.807) is 18.2 Å². The molecule has 0 radical (unpaired) electrons. The second-order valence-corrected chi connectivity index (χ2v) is 8.22. The Balaban J connectivity index is 1.54. The molecule has 0 bridgehead atoms. The maximum Gasteiger partial charge on any atom is 0.286 e. The van der Waals surface area contributed by atoms with Crippen LogP contribution in [0.1, 0.15) is 18.6 Å². The zero-order chi connectivity index (χ0) is 18.1. The maximum atomic E-state index is 12.4. The number of hydrogen-bond donors (Lipinski definition) is 1. The molecule has 26 heavy (non-hydrogen) atoms. The first-order valence-corrected chi connectivity index (χ1v) is 10.1. The highest BCUT2D eigenvalue weighted by molar-refractivity contribution is 7.90. The Labute approximate surface area is 153 Å². The number of sulfonamides is 1. The Morgan fingerprint density at radius 2 is 1.88 bits per heavy atom. The van der Waals surface area contributed by atoms with E-state index in [0.29, 0.717) is 31.2 Å². The SMILES string of the molecule is CC1COC(c2ccccc2)CN1CC1=NS(=O)(=O)c2ccccc2N1. The van der Waals surface area contributed by atoms with Crippen LogP contribution in [0.15, 0.2) is 63.9 Å². The van der Waals surface area contributed by atoms with Gasteiger partial charge in [0.25, 0.3) is 10.0 Å². The van der Waals surface area contributed by atoms with Gasteiger partial charge in [0.15, 0.2) is 0 Å². The summed E-state index contributed by atoms with van der Waals surface area (Å²) in [7, 11) is -3.66. The molecular formula is C19H21N3O3S. The molecule has 2 atom stereocenters. The van der Waals surface area contributed by atoms with E-state index in [9.17, 15) is 8.42 Å². The smallest absolute Gasteiger partial charge is 0.286 e. The van der Waals surface area contributed by atoms with Gasteiger partial charge in [0.05, 0.1) is 24.9 Å². The zero-order valence-electron chi connectivity index (χ0n) is 14.5. The van der Waals surface area contributed by atoms with E-state index in [2.05, 4.69) is 33.7 Å². The lowest BCUT2D eigenvalue weighted by Crippen LogP contribution is -2.48. The largest absolute Gasteiger partial charge is 0.371 e. The minimum Gasteiger partial charge on any atom is -0.371 e. The van der Waals surface area contributed by atoms with E-state index in [0.717, 1.165) is 5.56 Å². The number of nitrogens with zero attached hydrogens (tertiary/aromatic N) is 2. The fraction of sp³-hybridized carbons (Fsp3) is 0.316. The van der Waals surface area contributed by atoms with E-state index in [4.69, 9.17) is 4.74 Å². The topological polar surface area (TPSA) is 71.0 Å². The van der Waals surface area contributed by atoms with Crippen LogP contribution in [0.3, 0.4) is 0 Å². The number of amidine groups is 1. The summed E-state index contributed by atoms with van der Waals surface area (Å²) in [5.74, 6) is 0.448. The van der Waals surface area contributed by atoms with Crippen LogP contribution in [0.4, 0.5) is 5.69 Å². The predicted octanol–water partition coefficient (Wildman–Crippen LogP) is 2.66. The van der Waals surface area contributed by atoms with E-state index in [1.165, 1.54) is 0 Å². The lowest BCUT2D eigenvalue weighted by molar-refractivity contribution is -0.0542. The molecule has 2 unspecified atom stereocenters. The summed E-state index contributed by atoms with van der Waals surface area (Å²) in [6.07, 6.45) is -0.0273. The summed E-state index contributed by atoms with van der Waals surface area (Å²) >= 11 is 0. The third-order valence-electron chi connectivity index (χ3n) is 4.76. The van der Waals surface area contributed by atoms with Crippen LogP contribution in [0.5, 0.6) is 0 Å². The Morgan fingerprint density at radius 1 is 1.15 bits per heavy atom. The highest BCUT2D eigenvalue weighted by atomic mass is 32.2. The number of rotatable bonds is 3. The van der Waals surface area contributed by atoms with Gasteiger partial charge < -0.3 is 10.1 Å². The standard InChI is InChI=1S/C19H21N3O3S/c1-14-13-25-17(15-7-3-2-4-8-15)11-22(14)12-19-20-16-9-5-6-10-18(16)26(23,24)21-19/h2-10,14,17H,11-13H2,1H3,(H,20,21). The summed E-state index contributed by atoms with van der Waals surface area (Å²) in [6, 6.07) is 17.1. The Hall–Kier alpha value is -2.22. The van der Waals surface area contributed by atoms with Gasteiger partial charge in [-0.25, -0.2) is 0 Å². The van der Waals surface area contributed by atoms with Crippen LogP contribution in [0.2, 0.25) is 0 Å². The van der Waals surface area contributed by atoms with Crippen LogP contribution >= 0.6 is 0 Å². The molecule has 1 N–H and O–H groups in total. The number of nitrogens with one attached hydrogen (secondary N) is 1. The summed E-state index contributed by atoms with van der Waals surface area (Å²) in [4.78, 5) is 2.43. The lowest BCUT2D eigenvalue weighted by atomic mass is 10.1. The van der Waals surface area contributed by atoms with Crippen LogP contribution < -0.4 is 5.32 Å².